The smallest absolute Gasteiger partial charge is 0.350 e. The summed E-state index contributed by atoms with van der Waals surface area (Å²) >= 11 is 0. The highest BCUT2D eigenvalue weighted by molar-refractivity contribution is 5.96. The van der Waals surface area contributed by atoms with E-state index >= 15 is 0 Å². The van der Waals surface area contributed by atoms with Gasteiger partial charge in [0.1, 0.15) is 0 Å². The average molecular weight is 65.8 g/mol. The third-order valence-corrected chi connectivity index (χ3v) is 0. The Labute approximate surface area is 24.7 Å². The van der Waals surface area contributed by atoms with Gasteiger partial charge in [-0.2, -0.15) is 0 Å². The molecule has 4 heavy (non-hydrogen) atoms. The molecule has 0 aliphatic carbocycles. The zero-order valence-electron chi connectivity index (χ0n) is 1.96. The Bertz CT molecular complexity index is 6.00. The molecule has 0 aliphatic rings. The molecule has 0 unspecified atom stereocenters. The van der Waals surface area contributed by atoms with Crippen molar-refractivity contribution in [2.24, 2.45) is 0 Å². The highest BCUT2D eigenvalue weighted by Crippen LogP contribution is 1.10. The van der Waals surface area contributed by atoms with Gasteiger partial charge in [-0.3, -0.25) is 0 Å². The molecule has 0 rings (SSSR count). The maximum atomic E-state index is 9.00. The molecule has 0 fully saturated rings. The van der Waals surface area contributed by atoms with Crippen molar-refractivity contribution < 1.29 is 15.3 Å². The lowest BCUT2D eigenvalue weighted by atomic mass is 10.7. The minimum absolute atomic E-state index is 0. The van der Waals surface area contributed by atoms with Crippen LogP contribution in [0.25, 0.3) is 0 Å². The molecule has 4 N–H and O–H groups in total. The van der Waals surface area contributed by atoms with Crippen LogP contribution in [0.4, 0.5) is 4.32 Å². The Hall–Kier alpha value is -0.0851. The Balaban J connectivity index is -0.00000000500. The van der Waals surface area contributed by atoms with Gasteiger partial charge < -0.3 is 15.3 Å². The summed E-state index contributed by atoms with van der Waals surface area (Å²) in [6, 6.07) is 0. The summed E-state index contributed by atoms with van der Waals surface area (Å²) in [5, 5.41) is 0. The standard InChI is InChI=1S/BF.2H2O/c1-2;;/h;2*1H2. The first-order valence-corrected chi connectivity index (χ1v) is 0.218. The molecule has 0 saturated carbocycles. The van der Waals surface area contributed by atoms with Crippen molar-refractivity contribution in [2.45, 2.75) is 0 Å². The molecule has 0 bridgehead atoms. The summed E-state index contributed by atoms with van der Waals surface area (Å²) in [6.07, 6.45) is 0. The van der Waals surface area contributed by atoms with Crippen LogP contribution in [0.1, 0.15) is 0 Å². The third-order valence-electron chi connectivity index (χ3n) is 0. The van der Waals surface area contributed by atoms with Gasteiger partial charge in [0.25, 0.3) is 0 Å². The second-order valence-corrected chi connectivity index (χ2v) is 0. The second-order valence-electron chi connectivity index (χ2n) is 0. The average Bonchev–Trinajstić information content (AvgIpc) is 1.00. The van der Waals surface area contributed by atoms with E-state index in [-0.39, 0.29) is 11.0 Å². The van der Waals surface area contributed by atoms with Crippen molar-refractivity contribution in [3.8, 4) is 0 Å². The van der Waals surface area contributed by atoms with Gasteiger partial charge in [0.15, 0.2) is 0 Å². The van der Waals surface area contributed by atoms with Crippen molar-refractivity contribution in [3.63, 3.8) is 0 Å². The largest absolute Gasteiger partial charge is 0.412 e. The molecule has 26 valence electrons. The summed E-state index contributed by atoms with van der Waals surface area (Å²) in [5.41, 5.74) is 0. The zero-order valence-corrected chi connectivity index (χ0v) is 1.96. The molecule has 0 aromatic carbocycles. The van der Waals surface area contributed by atoms with Gasteiger partial charge in [-0.1, -0.05) is 0 Å². The molecule has 0 aliphatic heterocycles. The summed E-state index contributed by atoms with van der Waals surface area (Å²) in [7, 11) is 3.00. The van der Waals surface area contributed by atoms with Gasteiger partial charge in [0.05, 0.1) is 0 Å². The monoisotopic (exact) mass is 66.0 g/mol. The molecule has 0 amide bonds. The second kappa shape index (κ2) is 1480. The predicted octanol–water partition coefficient (Wildman–Crippen LogP) is -1.61. The van der Waals surface area contributed by atoms with Crippen LogP contribution >= 0.6 is 0 Å². The topological polar surface area (TPSA) is 63.0 Å². The highest BCUT2D eigenvalue weighted by atomic mass is 19.1. The predicted molar refractivity (Wildman–Crippen MR) is 14.1 cm³/mol. The van der Waals surface area contributed by atoms with Gasteiger partial charge in [0, 0.05) is 0 Å². The van der Waals surface area contributed by atoms with E-state index in [0.717, 1.165) is 0 Å². The molecule has 0 saturated heterocycles. The normalized spacial score (nSPS) is 1.25. The molecule has 0 aromatic rings. The van der Waals surface area contributed by atoms with Crippen molar-refractivity contribution in [1.82, 2.24) is 0 Å². The zero-order chi connectivity index (χ0) is 2.00. The first-order chi connectivity index (χ1) is 1.00. The van der Waals surface area contributed by atoms with Crippen LogP contribution in [0.2, 0.25) is 0 Å². The fraction of sp³-hybridized carbons (Fsp3) is 0. The van der Waals surface area contributed by atoms with E-state index in [1.165, 1.54) is 0 Å². The lowest BCUT2D eigenvalue weighted by molar-refractivity contribution is 0.823. The maximum Gasteiger partial charge on any atom is 0.350 e. The van der Waals surface area contributed by atoms with Crippen LogP contribution in [0.3, 0.4) is 0 Å². The fourth-order valence-electron chi connectivity index (χ4n) is 0. The Morgan fingerprint density at radius 2 is 1.00 bits per heavy atom. The van der Waals surface area contributed by atoms with Crippen LogP contribution < -0.4 is 0 Å². The van der Waals surface area contributed by atoms with E-state index in [0.29, 0.717) is 0 Å². The minimum Gasteiger partial charge on any atom is -0.412 e. The molecular weight excluding hydrogens is 61.8 g/mol. The van der Waals surface area contributed by atoms with Crippen LogP contribution in [0, 0.1) is 0 Å². The Morgan fingerprint density at radius 1 is 1.00 bits per heavy atom. The summed E-state index contributed by atoms with van der Waals surface area (Å²) < 4.78 is 9.00. The van der Waals surface area contributed by atoms with E-state index in [2.05, 4.69) is 8.12 Å². The number of rotatable bonds is 0. The van der Waals surface area contributed by atoms with E-state index in [9.17, 15) is 0 Å². The number of hydrogen-bond donors (Lipinski definition) is 0. The van der Waals surface area contributed by atoms with Gasteiger partial charge in [0.2, 0.25) is 0 Å². The maximum absolute atomic E-state index is 9.00. The van der Waals surface area contributed by atoms with Crippen LogP contribution in [-0.2, 0) is 0 Å². The molecule has 2 radical (unpaired) electrons. The Kier molecular flexibility index (Phi) is 14700. The van der Waals surface area contributed by atoms with E-state index < -0.39 is 0 Å². The quantitative estimate of drug-likeness (QED) is 0.305. The highest BCUT2D eigenvalue weighted by Gasteiger charge is 1.06. The Morgan fingerprint density at radius 3 is 1.00 bits per heavy atom. The van der Waals surface area contributed by atoms with Gasteiger partial charge in [-0.05, 0) is 0 Å². The molecule has 0 spiro atoms. The molecule has 0 heterocycles. The van der Waals surface area contributed by atoms with Gasteiger partial charge in [-0.15, -0.1) is 0 Å². The van der Waals surface area contributed by atoms with E-state index in [1.807, 2.05) is 0 Å². The number of halogens is 1. The molecule has 4 heteroatoms. The van der Waals surface area contributed by atoms with Gasteiger partial charge in [-0.25, -0.2) is 0 Å². The van der Waals surface area contributed by atoms with Gasteiger partial charge >= 0.3 is 8.12 Å². The molecule has 0 aromatic heterocycles. The summed E-state index contributed by atoms with van der Waals surface area (Å²) in [6.45, 7) is 0. The minimum atomic E-state index is 0. The lowest BCUT2D eigenvalue weighted by Gasteiger charge is -1.06. The van der Waals surface area contributed by atoms with Crippen molar-refractivity contribution >= 4 is 8.12 Å². The SMILES string of the molecule is O.O.[B]F. The third kappa shape index (κ3) is 222. The number of hydrogen-bond acceptors (Lipinski definition) is 0. The fourth-order valence-corrected chi connectivity index (χ4v) is 0. The van der Waals surface area contributed by atoms with Crippen LogP contribution in [-0.4, -0.2) is 19.1 Å². The van der Waals surface area contributed by atoms with Crippen molar-refractivity contribution in [2.75, 3.05) is 0 Å². The first-order valence-electron chi connectivity index (χ1n) is 0.218. The first kappa shape index (κ1) is 39.7. The molecular formula is H4BFO2. The van der Waals surface area contributed by atoms with E-state index in [4.69, 9.17) is 4.32 Å². The van der Waals surface area contributed by atoms with Crippen molar-refractivity contribution in [3.05, 3.63) is 0 Å². The lowest BCUT2D eigenvalue weighted by Crippen LogP contribution is -1.06. The van der Waals surface area contributed by atoms with Crippen molar-refractivity contribution in [1.29, 1.82) is 0 Å². The van der Waals surface area contributed by atoms with Crippen LogP contribution in [0.5, 0.6) is 0 Å². The summed E-state index contributed by atoms with van der Waals surface area (Å²) in [4.78, 5) is 0. The summed E-state index contributed by atoms with van der Waals surface area (Å²) in [5.74, 6) is 0. The van der Waals surface area contributed by atoms with Crippen LogP contribution in [0.15, 0.2) is 0 Å². The molecule has 2 nitrogen and oxygen atoms in total. The van der Waals surface area contributed by atoms with E-state index in [1.54, 1.807) is 0 Å². The molecule has 0 atom stereocenters.